The van der Waals surface area contributed by atoms with E-state index in [1.54, 1.807) is 19.1 Å². The van der Waals surface area contributed by atoms with Crippen LogP contribution in [0.1, 0.15) is 273 Å². The fraction of sp³-hybridized carbons (Fsp3) is 0.684. The number of benzene rings is 4. The molecule has 0 saturated heterocycles. The molecule has 0 bridgehead atoms. The van der Waals surface area contributed by atoms with Gasteiger partial charge >= 0.3 is 6.18 Å². The Labute approximate surface area is 527 Å². The van der Waals surface area contributed by atoms with Crippen molar-refractivity contribution < 1.29 is 51.1 Å². The highest BCUT2D eigenvalue weighted by Crippen LogP contribution is 2.44. The summed E-state index contributed by atoms with van der Waals surface area (Å²) in [5.41, 5.74) is 2.95. The third-order valence-electron chi connectivity index (χ3n) is 18.8. The SMILES string of the molecule is CCC(C)c1ccc(OC(C)OC2CCC(C(C)(C)C)CC2)cc1.CCC(C)c1ccc(OC(C)OCC2CCCCC2)cc1.CCC(C)c1ccc(OC(C)OCCC2CCCCC2)cc1.CCOC(C)Oc1ccc(C(C)(CC)C(F)(F)F)cc1. The van der Waals surface area contributed by atoms with Crippen LogP contribution in [0.5, 0.6) is 23.0 Å². The van der Waals surface area contributed by atoms with Gasteiger partial charge in [-0.3, -0.25) is 0 Å². The minimum atomic E-state index is -4.28. The highest BCUT2D eigenvalue weighted by atomic mass is 19.4. The van der Waals surface area contributed by atoms with Crippen LogP contribution in [0.3, 0.4) is 0 Å². The standard InChI is InChI=1S/C22H36O2.C20H32O2.C19H30O2.C15H21F3O2/c1-7-16(2)18-8-12-20(13-9-18)23-17(3)24-21-14-10-19(11-15-21)22(4,5)6;1-4-16(2)19-10-12-20(13-11-19)22-17(3)21-15-14-18-8-6-5-7-9-18;1-4-15(2)18-10-12-19(13-11-18)21-16(3)20-14-17-8-6-5-7-9-17;1-5-14(4,15(16,17)18)12-7-9-13(10-8-12)20-11(3)19-6-2/h8-9,12-13,16-17,19,21H,7,10-11,14-15H2,1-6H3;10-13,16-18H,4-9,14-15H2,1-3H3;10-13,15-17H,4-9,14H2,1-3H3;7-11H,5-6H2,1-4H3. The number of hydrogen-bond donors (Lipinski definition) is 0. The van der Waals surface area contributed by atoms with Gasteiger partial charge in [0, 0.05) is 6.61 Å². The van der Waals surface area contributed by atoms with Gasteiger partial charge in [-0.05, 0) is 224 Å². The number of hydrogen-bond acceptors (Lipinski definition) is 8. The Bertz CT molecular complexity index is 2370. The summed E-state index contributed by atoms with van der Waals surface area (Å²) in [6.45, 7) is 35.0. The third-order valence-corrected chi connectivity index (χ3v) is 18.8. The van der Waals surface area contributed by atoms with E-state index in [2.05, 4.69) is 135 Å². The van der Waals surface area contributed by atoms with Crippen LogP contribution in [0, 0.1) is 23.2 Å². The Hall–Kier alpha value is -4.29. The Morgan fingerprint density at radius 2 is 0.793 bits per heavy atom. The monoisotopic (exact) mass is 1220 g/mol. The Morgan fingerprint density at radius 3 is 1.16 bits per heavy atom. The summed E-state index contributed by atoms with van der Waals surface area (Å²) < 4.78 is 85.6. The molecule has 7 rings (SSSR count). The van der Waals surface area contributed by atoms with Crippen molar-refractivity contribution in [3.8, 4) is 23.0 Å². The summed E-state index contributed by atoms with van der Waals surface area (Å²) in [6, 6.07) is 31.4. The lowest BCUT2D eigenvalue weighted by Crippen LogP contribution is -2.38. The van der Waals surface area contributed by atoms with Crippen LogP contribution in [0.25, 0.3) is 0 Å². The third kappa shape index (κ3) is 27.4. The lowest BCUT2D eigenvalue weighted by Gasteiger charge is -2.37. The number of ether oxygens (including phenoxy) is 8. The van der Waals surface area contributed by atoms with Gasteiger partial charge in [-0.2, -0.15) is 13.2 Å². The van der Waals surface area contributed by atoms with Crippen molar-refractivity contribution >= 4 is 0 Å². The zero-order valence-corrected chi connectivity index (χ0v) is 57.0. The molecule has 0 aromatic heterocycles. The second kappa shape index (κ2) is 39.1. The molecule has 8 unspecified atom stereocenters. The van der Waals surface area contributed by atoms with Crippen molar-refractivity contribution in [1.82, 2.24) is 0 Å². The van der Waals surface area contributed by atoms with Gasteiger partial charge in [0.1, 0.15) is 23.0 Å². The summed E-state index contributed by atoms with van der Waals surface area (Å²) in [7, 11) is 0. The van der Waals surface area contributed by atoms with Crippen LogP contribution in [-0.4, -0.2) is 57.3 Å². The molecule has 3 aliphatic carbocycles. The van der Waals surface area contributed by atoms with Gasteiger partial charge in [-0.1, -0.05) is 169 Å². The maximum atomic E-state index is 13.2. The first-order valence-corrected chi connectivity index (χ1v) is 34.0. The summed E-state index contributed by atoms with van der Waals surface area (Å²) in [5, 5.41) is 0. The molecule has 3 saturated carbocycles. The second-order valence-corrected chi connectivity index (χ2v) is 26.5. The number of rotatable bonds is 27. The van der Waals surface area contributed by atoms with Gasteiger partial charge in [0.25, 0.3) is 0 Å². The van der Waals surface area contributed by atoms with Crippen LogP contribution in [0.2, 0.25) is 0 Å². The molecule has 4 aromatic rings. The van der Waals surface area contributed by atoms with E-state index >= 15 is 0 Å². The summed E-state index contributed by atoms with van der Waals surface area (Å²) >= 11 is 0. The molecule has 4 aromatic carbocycles. The van der Waals surface area contributed by atoms with Crippen molar-refractivity contribution in [1.29, 1.82) is 0 Å². The van der Waals surface area contributed by atoms with Gasteiger partial charge in [0.15, 0.2) is 25.2 Å². The molecule has 3 aliphatic rings. The first-order valence-electron chi connectivity index (χ1n) is 34.0. The zero-order valence-electron chi connectivity index (χ0n) is 57.0. The zero-order chi connectivity index (χ0) is 64.0. The normalized spacial score (nSPS) is 19.9. The molecule has 3 fully saturated rings. The predicted molar refractivity (Wildman–Crippen MR) is 354 cm³/mol. The van der Waals surface area contributed by atoms with Crippen molar-refractivity contribution in [2.75, 3.05) is 19.8 Å². The molecule has 8 nitrogen and oxygen atoms in total. The van der Waals surface area contributed by atoms with E-state index in [1.165, 1.54) is 139 Å². The largest absolute Gasteiger partial charge is 0.465 e. The summed E-state index contributed by atoms with van der Waals surface area (Å²) in [5.74, 6) is 7.45. The fourth-order valence-corrected chi connectivity index (χ4v) is 11.8. The number of halogens is 3. The Morgan fingerprint density at radius 1 is 0.425 bits per heavy atom. The minimum absolute atomic E-state index is 0.00788. The highest BCUT2D eigenvalue weighted by molar-refractivity contribution is 5.34. The smallest absolute Gasteiger partial charge is 0.398 e. The van der Waals surface area contributed by atoms with Crippen molar-refractivity contribution in [3.05, 3.63) is 119 Å². The van der Waals surface area contributed by atoms with Crippen molar-refractivity contribution in [3.63, 3.8) is 0 Å². The lowest BCUT2D eigenvalue weighted by molar-refractivity contribution is -0.186. The second-order valence-electron chi connectivity index (χ2n) is 26.5. The van der Waals surface area contributed by atoms with Gasteiger partial charge in [-0.25, -0.2) is 0 Å². The molecule has 0 N–H and O–H groups in total. The van der Waals surface area contributed by atoms with E-state index in [0.29, 0.717) is 41.6 Å². The van der Waals surface area contributed by atoms with E-state index < -0.39 is 17.9 Å². The molecule has 0 amide bonds. The maximum absolute atomic E-state index is 13.2. The Kier molecular flexibility index (Phi) is 33.8. The maximum Gasteiger partial charge on any atom is 0.398 e. The van der Waals surface area contributed by atoms with E-state index in [4.69, 9.17) is 37.9 Å². The van der Waals surface area contributed by atoms with Gasteiger partial charge in [-0.15, -0.1) is 0 Å². The van der Waals surface area contributed by atoms with Crippen LogP contribution in [0.15, 0.2) is 97.1 Å². The number of alkyl halides is 3. The van der Waals surface area contributed by atoms with E-state index in [9.17, 15) is 13.2 Å². The molecular weight excluding hydrogens is 1100 g/mol. The van der Waals surface area contributed by atoms with E-state index in [0.717, 1.165) is 67.5 Å². The van der Waals surface area contributed by atoms with Crippen LogP contribution >= 0.6 is 0 Å². The van der Waals surface area contributed by atoms with Crippen LogP contribution < -0.4 is 18.9 Å². The van der Waals surface area contributed by atoms with Gasteiger partial charge < -0.3 is 37.9 Å². The first-order chi connectivity index (χ1) is 41.4. The fourth-order valence-electron chi connectivity index (χ4n) is 11.8. The molecule has 11 heteroatoms. The molecule has 0 aliphatic heterocycles. The topological polar surface area (TPSA) is 73.8 Å². The van der Waals surface area contributed by atoms with Gasteiger partial charge in [0.2, 0.25) is 0 Å². The molecule has 0 radical (unpaired) electrons. The summed E-state index contributed by atoms with van der Waals surface area (Å²) in [6.07, 6.45) is 18.4. The average molecular weight is 1220 g/mol. The average Bonchev–Trinajstić information content (AvgIpc) is 1.86. The minimum Gasteiger partial charge on any atom is -0.465 e. The molecule has 0 heterocycles. The molecule has 0 spiro atoms. The predicted octanol–water partition coefficient (Wildman–Crippen LogP) is 22.7. The molecule has 87 heavy (non-hydrogen) atoms. The van der Waals surface area contributed by atoms with Gasteiger partial charge in [0.05, 0.1) is 24.7 Å². The molecule has 492 valence electrons. The quantitative estimate of drug-likeness (QED) is 0.0547. The highest BCUT2D eigenvalue weighted by Gasteiger charge is 2.50. The van der Waals surface area contributed by atoms with E-state index in [1.807, 2.05) is 27.7 Å². The van der Waals surface area contributed by atoms with Crippen molar-refractivity contribution in [2.45, 2.75) is 293 Å². The van der Waals surface area contributed by atoms with Crippen molar-refractivity contribution in [2.24, 2.45) is 23.2 Å². The first kappa shape index (κ1) is 75.2. The lowest BCUT2D eigenvalue weighted by atomic mass is 9.72. The van der Waals surface area contributed by atoms with E-state index in [-0.39, 0.29) is 30.9 Å². The summed E-state index contributed by atoms with van der Waals surface area (Å²) in [4.78, 5) is 0. The molecule has 8 atom stereocenters. The Balaban J connectivity index is 0.000000249. The van der Waals surface area contributed by atoms with Crippen LogP contribution in [-0.2, 0) is 24.4 Å². The van der Waals surface area contributed by atoms with Crippen LogP contribution in [0.4, 0.5) is 13.2 Å². The molecular formula is C76H119F3O8.